The third-order valence-electron chi connectivity index (χ3n) is 12.5. The van der Waals surface area contributed by atoms with Gasteiger partial charge in [0.1, 0.15) is 11.2 Å². The van der Waals surface area contributed by atoms with E-state index < -0.39 is 5.03 Å². The highest BCUT2D eigenvalue weighted by Gasteiger charge is 2.42. The second-order valence-electron chi connectivity index (χ2n) is 18.6. The predicted molar refractivity (Wildman–Crippen MR) is 254 cm³/mol. The number of esters is 1. The fourth-order valence-electron chi connectivity index (χ4n) is 8.41. The summed E-state index contributed by atoms with van der Waals surface area (Å²) >= 11 is 0. The number of carbonyl (C=O) groups is 1. The van der Waals surface area contributed by atoms with Gasteiger partial charge in [-0.3, -0.25) is 4.79 Å². The molecule has 0 saturated heterocycles. The quantitative estimate of drug-likeness (QED) is 0.0161. The smallest absolute Gasteiger partial charge is 0.306 e. The summed E-state index contributed by atoms with van der Waals surface area (Å²) in [6.07, 6.45) is 43.8. The molecule has 354 valence electrons. The molecule has 0 amide bonds. The molecule has 0 aliphatic heterocycles. The number of nitrogens with one attached hydrogen (secondary N) is 1. The van der Waals surface area contributed by atoms with Gasteiger partial charge in [0.15, 0.2) is 5.03 Å². The average molecular weight is 850 g/mol. The van der Waals surface area contributed by atoms with Gasteiger partial charge in [-0.05, 0) is 96.7 Å². The molecule has 10 heteroatoms. The van der Waals surface area contributed by atoms with Crippen molar-refractivity contribution in [3.05, 3.63) is 10.1 Å². The number of nitrogens with zero attached hydrogens (tertiary/aromatic N) is 4. The molecule has 0 heterocycles. The van der Waals surface area contributed by atoms with Gasteiger partial charge < -0.3 is 24.6 Å². The predicted octanol–water partition coefficient (Wildman–Crippen LogP) is 13.8. The maximum absolute atomic E-state index is 12.9. The lowest BCUT2D eigenvalue weighted by Crippen LogP contribution is -2.38. The molecule has 0 atom stereocenters. The van der Waals surface area contributed by atoms with Gasteiger partial charge in [0, 0.05) is 33.7 Å². The average Bonchev–Trinajstić information content (AvgIpc) is 4.00. The van der Waals surface area contributed by atoms with E-state index in [1.807, 2.05) is 0 Å². The van der Waals surface area contributed by atoms with Crippen LogP contribution in [0.4, 0.5) is 0 Å². The lowest BCUT2D eigenvalue weighted by atomic mass is 10.0. The largest absolute Gasteiger partial charge is 0.462 e. The van der Waals surface area contributed by atoms with Crippen molar-refractivity contribution in [3.63, 3.8) is 0 Å². The van der Waals surface area contributed by atoms with Crippen LogP contribution in [0.3, 0.4) is 0 Å². The van der Waals surface area contributed by atoms with Crippen LogP contribution in [0.15, 0.2) is 5.10 Å². The van der Waals surface area contributed by atoms with Crippen molar-refractivity contribution in [1.82, 2.24) is 15.1 Å². The van der Waals surface area contributed by atoms with E-state index in [1.165, 1.54) is 180 Å². The van der Waals surface area contributed by atoms with Gasteiger partial charge in [0.2, 0.25) is 0 Å². The first-order valence-corrected chi connectivity index (χ1v) is 25.9. The van der Waals surface area contributed by atoms with Crippen molar-refractivity contribution < 1.29 is 19.3 Å². The fraction of sp³-hybridized carbons (Fsp3) is 0.960. The second-order valence-corrected chi connectivity index (χ2v) is 18.6. The second kappa shape index (κ2) is 39.9. The third-order valence-corrected chi connectivity index (χ3v) is 12.5. The van der Waals surface area contributed by atoms with Crippen LogP contribution in [0.25, 0.3) is 0 Å². The number of ether oxygens (including phenoxy) is 2. The number of guanidine groups is 1. The van der Waals surface area contributed by atoms with E-state index in [-0.39, 0.29) is 23.6 Å². The van der Waals surface area contributed by atoms with Gasteiger partial charge in [0.05, 0.1) is 5.60 Å². The molecule has 0 aromatic rings. The Morgan fingerprint density at radius 2 is 1.08 bits per heavy atom. The van der Waals surface area contributed by atoms with Crippen LogP contribution < -0.4 is 5.32 Å². The molecule has 1 saturated carbocycles. The van der Waals surface area contributed by atoms with Gasteiger partial charge in [-0.2, -0.15) is 0 Å². The van der Waals surface area contributed by atoms with Crippen LogP contribution >= 0.6 is 0 Å². The molecule has 1 N–H and O–H groups in total. The monoisotopic (exact) mass is 850 g/mol. The zero-order valence-electron chi connectivity index (χ0n) is 40.4. The van der Waals surface area contributed by atoms with Crippen LogP contribution in [0.2, 0.25) is 0 Å². The molecule has 0 bridgehead atoms. The van der Waals surface area contributed by atoms with Crippen molar-refractivity contribution in [2.75, 3.05) is 46.9 Å². The van der Waals surface area contributed by atoms with Crippen molar-refractivity contribution in [2.24, 2.45) is 5.10 Å². The van der Waals surface area contributed by atoms with Gasteiger partial charge in [-0.1, -0.05) is 168 Å². The SMILES string of the molecule is CCCCCCCCCOC1(CCCCCCCN(CCCCCCCC(=O)OC(CCCCCCCC)CCCCCCCC)CCCN/C(=N/[N+](=O)[O-])N(C)C)CC1. The molecule has 1 fully saturated rings. The van der Waals surface area contributed by atoms with Crippen LogP contribution in [-0.4, -0.2) is 85.3 Å². The van der Waals surface area contributed by atoms with Crippen LogP contribution in [0.5, 0.6) is 0 Å². The highest BCUT2D eigenvalue weighted by atomic mass is 16.7. The zero-order valence-corrected chi connectivity index (χ0v) is 40.4. The minimum atomic E-state index is -0.641. The molecule has 60 heavy (non-hydrogen) atoms. The first-order chi connectivity index (χ1) is 29.2. The molecule has 1 aliphatic carbocycles. The molecule has 0 aromatic carbocycles. The van der Waals surface area contributed by atoms with Crippen molar-refractivity contribution >= 4 is 11.9 Å². The highest BCUT2D eigenvalue weighted by Crippen LogP contribution is 2.44. The Balaban J connectivity index is 2.38. The molecule has 0 spiro atoms. The summed E-state index contributed by atoms with van der Waals surface area (Å²) in [7, 11) is 3.54. The van der Waals surface area contributed by atoms with Crippen LogP contribution in [0.1, 0.15) is 252 Å². The Morgan fingerprint density at radius 3 is 1.58 bits per heavy atom. The van der Waals surface area contributed by atoms with E-state index >= 15 is 0 Å². The van der Waals surface area contributed by atoms with E-state index in [0.29, 0.717) is 13.0 Å². The number of hydrogen-bond donors (Lipinski definition) is 1. The van der Waals surface area contributed by atoms with Crippen LogP contribution in [-0.2, 0) is 14.3 Å². The Hall–Kier alpha value is -1.94. The molecule has 10 nitrogen and oxygen atoms in total. The number of hydrazone groups is 1. The first kappa shape index (κ1) is 56.1. The number of unbranched alkanes of at least 4 members (excludes halogenated alkanes) is 24. The zero-order chi connectivity index (χ0) is 43.8. The van der Waals surface area contributed by atoms with Gasteiger partial charge in [0.25, 0.3) is 5.96 Å². The maximum Gasteiger partial charge on any atom is 0.306 e. The van der Waals surface area contributed by atoms with Crippen molar-refractivity contribution in [1.29, 1.82) is 0 Å². The Morgan fingerprint density at radius 1 is 0.633 bits per heavy atom. The summed E-state index contributed by atoms with van der Waals surface area (Å²) in [6, 6.07) is 0. The van der Waals surface area contributed by atoms with Gasteiger partial charge in [-0.25, -0.2) is 10.1 Å². The van der Waals surface area contributed by atoms with Gasteiger partial charge >= 0.3 is 5.97 Å². The number of hydrogen-bond acceptors (Lipinski definition) is 6. The molecular formula is C50H99N5O5. The number of nitro groups is 1. The Bertz CT molecular complexity index is 1010. The molecule has 0 unspecified atom stereocenters. The standard InChI is InChI=1S/C50H99N5O5/c1-6-9-12-15-18-27-34-46-59-50(40-41-50)39-31-24-20-26-33-44-54(45-35-42-51-49(53(4)5)52-55(57)58)43-32-25-19-23-30-38-48(56)60-47(36-28-21-16-13-10-7-2)37-29-22-17-14-11-8-3/h47H,6-46H2,1-5H3,(H,51,52). The summed E-state index contributed by atoms with van der Waals surface area (Å²) < 4.78 is 12.5. The summed E-state index contributed by atoms with van der Waals surface area (Å²) in [5.74, 6) is 0.300. The molecule has 0 radical (unpaired) electrons. The van der Waals surface area contributed by atoms with Crippen molar-refractivity contribution in [2.45, 2.75) is 264 Å². The summed E-state index contributed by atoms with van der Waals surface area (Å²) in [4.78, 5) is 28.1. The van der Waals surface area contributed by atoms with Crippen molar-refractivity contribution in [3.8, 4) is 0 Å². The summed E-state index contributed by atoms with van der Waals surface area (Å²) in [6.45, 7) is 11.5. The van der Waals surface area contributed by atoms with E-state index in [2.05, 4.69) is 36.1 Å². The highest BCUT2D eigenvalue weighted by molar-refractivity contribution is 5.78. The van der Waals surface area contributed by atoms with E-state index in [0.717, 1.165) is 71.2 Å². The summed E-state index contributed by atoms with van der Waals surface area (Å²) in [5, 5.41) is 17.0. The first-order valence-electron chi connectivity index (χ1n) is 25.9. The third kappa shape index (κ3) is 34.6. The fourth-order valence-corrected chi connectivity index (χ4v) is 8.41. The lowest BCUT2D eigenvalue weighted by molar-refractivity contribution is -0.485. The topological polar surface area (TPSA) is 110 Å². The normalized spacial score (nSPS) is 13.7. The molecule has 1 aliphatic rings. The lowest BCUT2D eigenvalue weighted by Gasteiger charge is -2.23. The van der Waals surface area contributed by atoms with Gasteiger partial charge in [-0.15, -0.1) is 0 Å². The number of rotatable bonds is 45. The van der Waals surface area contributed by atoms with E-state index in [4.69, 9.17) is 9.47 Å². The van der Waals surface area contributed by atoms with E-state index in [9.17, 15) is 14.9 Å². The minimum absolute atomic E-state index is 0.0108. The summed E-state index contributed by atoms with van der Waals surface area (Å²) in [5.41, 5.74) is 0.218. The molecule has 0 aromatic heterocycles. The van der Waals surface area contributed by atoms with E-state index in [1.54, 1.807) is 19.0 Å². The minimum Gasteiger partial charge on any atom is -0.462 e. The molecular weight excluding hydrogens is 751 g/mol. The number of carbonyl (C=O) groups excluding carboxylic acids is 1. The maximum atomic E-state index is 12.9. The Labute approximate surface area is 371 Å². The molecule has 1 rings (SSSR count). The van der Waals surface area contributed by atoms with Crippen LogP contribution in [0, 0.1) is 10.1 Å². The Kier molecular flexibility index (Phi) is 37.3.